The number of hydrogen-bond acceptors (Lipinski definition) is 3. The second-order valence-corrected chi connectivity index (χ2v) is 5.72. The van der Waals surface area contributed by atoms with Gasteiger partial charge in [0.15, 0.2) is 0 Å². The van der Waals surface area contributed by atoms with Crippen LogP contribution in [0.5, 0.6) is 0 Å². The summed E-state index contributed by atoms with van der Waals surface area (Å²) in [5.74, 6) is 1.33. The third kappa shape index (κ3) is 2.20. The van der Waals surface area contributed by atoms with E-state index in [0.29, 0.717) is 6.61 Å². The van der Waals surface area contributed by atoms with Gasteiger partial charge in [-0.1, -0.05) is 0 Å². The van der Waals surface area contributed by atoms with E-state index in [1.54, 1.807) is 0 Å². The first kappa shape index (κ1) is 9.81. The zero-order valence-electron chi connectivity index (χ0n) is 8.09. The Bertz CT molecular complexity index is 162. The van der Waals surface area contributed by atoms with Crippen molar-refractivity contribution in [3.63, 3.8) is 0 Å². The van der Waals surface area contributed by atoms with Crippen LogP contribution in [0.3, 0.4) is 0 Å². The molecule has 76 valence electrons. The lowest BCUT2D eigenvalue weighted by Gasteiger charge is -2.29. The van der Waals surface area contributed by atoms with Gasteiger partial charge < -0.3 is 10.4 Å². The topological polar surface area (TPSA) is 32.3 Å². The summed E-state index contributed by atoms with van der Waals surface area (Å²) >= 11 is 2.09. The van der Waals surface area contributed by atoms with Crippen molar-refractivity contribution in [2.75, 3.05) is 18.9 Å². The van der Waals surface area contributed by atoms with Crippen molar-refractivity contribution in [1.82, 2.24) is 5.32 Å². The van der Waals surface area contributed by atoms with Gasteiger partial charge in [-0.2, -0.15) is 11.8 Å². The fraction of sp³-hybridized carbons (Fsp3) is 1.00. The second-order valence-electron chi connectivity index (χ2n) is 4.31. The van der Waals surface area contributed by atoms with Gasteiger partial charge in [-0.25, -0.2) is 0 Å². The van der Waals surface area contributed by atoms with Crippen LogP contribution in [0.1, 0.15) is 32.1 Å². The van der Waals surface area contributed by atoms with Gasteiger partial charge in [-0.3, -0.25) is 0 Å². The van der Waals surface area contributed by atoms with E-state index < -0.39 is 0 Å². The van der Waals surface area contributed by atoms with Crippen LogP contribution in [0.15, 0.2) is 0 Å². The molecule has 0 spiro atoms. The number of aliphatic hydroxyl groups excluding tert-OH is 1. The van der Waals surface area contributed by atoms with E-state index in [2.05, 4.69) is 17.1 Å². The predicted octanol–water partition coefficient (Wildman–Crippen LogP) is 1.39. The fourth-order valence-corrected chi connectivity index (χ4v) is 3.92. The minimum absolute atomic E-state index is 0.0853. The standard InChI is InChI=1S/C10H19NOS/c12-8-10(4-2-5-11-10)7-9-3-1-6-13-9/h9,11-12H,1-8H2. The maximum Gasteiger partial charge on any atom is 0.0613 e. The van der Waals surface area contributed by atoms with Gasteiger partial charge in [0.1, 0.15) is 0 Å². The van der Waals surface area contributed by atoms with Crippen molar-refractivity contribution in [1.29, 1.82) is 0 Å². The summed E-state index contributed by atoms with van der Waals surface area (Å²) in [7, 11) is 0. The molecular formula is C10H19NOS. The Labute approximate surface area is 84.5 Å². The molecule has 0 aromatic rings. The first-order valence-corrected chi connectivity index (χ1v) is 6.37. The third-order valence-corrected chi connectivity index (χ3v) is 4.68. The molecule has 2 fully saturated rings. The Hall–Kier alpha value is 0.270. The first-order chi connectivity index (χ1) is 6.35. The van der Waals surface area contributed by atoms with E-state index in [1.807, 2.05) is 0 Å². The van der Waals surface area contributed by atoms with E-state index >= 15 is 0 Å². The molecule has 2 unspecified atom stereocenters. The molecule has 2 aliphatic rings. The van der Waals surface area contributed by atoms with Gasteiger partial charge in [0.05, 0.1) is 6.61 Å². The number of thioether (sulfide) groups is 1. The molecule has 0 saturated carbocycles. The van der Waals surface area contributed by atoms with Crippen molar-refractivity contribution < 1.29 is 5.11 Å². The average molecular weight is 201 g/mol. The van der Waals surface area contributed by atoms with Gasteiger partial charge in [0, 0.05) is 10.8 Å². The number of aliphatic hydroxyl groups is 1. The van der Waals surface area contributed by atoms with Crippen LogP contribution in [0.4, 0.5) is 0 Å². The Morgan fingerprint density at radius 2 is 2.38 bits per heavy atom. The van der Waals surface area contributed by atoms with Gasteiger partial charge >= 0.3 is 0 Å². The lowest BCUT2D eigenvalue weighted by molar-refractivity contribution is 0.168. The van der Waals surface area contributed by atoms with Gasteiger partial charge in [0.2, 0.25) is 0 Å². The molecule has 0 radical (unpaired) electrons. The fourth-order valence-electron chi connectivity index (χ4n) is 2.48. The molecule has 2 saturated heterocycles. The Morgan fingerprint density at radius 1 is 1.46 bits per heavy atom. The van der Waals surface area contributed by atoms with Crippen LogP contribution in [0, 0.1) is 0 Å². The Kier molecular flexibility index (Phi) is 3.17. The second kappa shape index (κ2) is 4.20. The normalized spacial score (nSPS) is 39.9. The lowest BCUT2D eigenvalue weighted by atomic mass is 9.91. The van der Waals surface area contributed by atoms with E-state index in [9.17, 15) is 5.11 Å². The summed E-state index contributed by atoms with van der Waals surface area (Å²) in [5.41, 5.74) is 0.0853. The summed E-state index contributed by atoms with van der Waals surface area (Å²) in [5, 5.41) is 13.7. The SMILES string of the molecule is OCC1(CC2CCCS2)CCCN1. The summed E-state index contributed by atoms with van der Waals surface area (Å²) in [4.78, 5) is 0. The van der Waals surface area contributed by atoms with Crippen LogP contribution < -0.4 is 5.32 Å². The predicted molar refractivity (Wildman–Crippen MR) is 57.2 cm³/mol. The monoisotopic (exact) mass is 201 g/mol. The van der Waals surface area contributed by atoms with Crippen LogP contribution in [0.2, 0.25) is 0 Å². The molecular weight excluding hydrogens is 182 g/mol. The summed E-state index contributed by atoms with van der Waals surface area (Å²) in [6, 6.07) is 0. The highest BCUT2D eigenvalue weighted by molar-refractivity contribution is 8.00. The minimum atomic E-state index is 0.0853. The van der Waals surface area contributed by atoms with Gasteiger partial charge in [-0.05, 0) is 44.4 Å². The minimum Gasteiger partial charge on any atom is -0.394 e. The smallest absolute Gasteiger partial charge is 0.0613 e. The summed E-state index contributed by atoms with van der Waals surface area (Å²) < 4.78 is 0. The quantitative estimate of drug-likeness (QED) is 0.723. The van der Waals surface area contributed by atoms with Gasteiger partial charge in [0.25, 0.3) is 0 Å². The third-order valence-electron chi connectivity index (χ3n) is 3.28. The molecule has 0 aliphatic carbocycles. The van der Waals surface area contributed by atoms with Crippen LogP contribution in [-0.4, -0.2) is 34.8 Å². The summed E-state index contributed by atoms with van der Waals surface area (Å²) in [6.07, 6.45) is 6.30. The molecule has 3 heteroatoms. The maximum absolute atomic E-state index is 9.41. The van der Waals surface area contributed by atoms with E-state index in [4.69, 9.17) is 0 Å². The lowest BCUT2D eigenvalue weighted by Crippen LogP contribution is -2.45. The van der Waals surface area contributed by atoms with E-state index in [1.165, 1.54) is 37.9 Å². The van der Waals surface area contributed by atoms with Crippen molar-refractivity contribution in [2.24, 2.45) is 0 Å². The molecule has 0 amide bonds. The van der Waals surface area contributed by atoms with Crippen LogP contribution in [-0.2, 0) is 0 Å². The highest BCUT2D eigenvalue weighted by atomic mass is 32.2. The van der Waals surface area contributed by atoms with Crippen LogP contribution >= 0.6 is 11.8 Å². The first-order valence-electron chi connectivity index (χ1n) is 5.32. The van der Waals surface area contributed by atoms with Gasteiger partial charge in [-0.15, -0.1) is 0 Å². The highest BCUT2D eigenvalue weighted by Gasteiger charge is 2.35. The molecule has 0 aromatic carbocycles. The number of rotatable bonds is 3. The molecule has 0 bridgehead atoms. The van der Waals surface area contributed by atoms with Crippen LogP contribution in [0.25, 0.3) is 0 Å². The van der Waals surface area contributed by atoms with Crippen molar-refractivity contribution in [2.45, 2.75) is 42.9 Å². The molecule has 2 nitrogen and oxygen atoms in total. The van der Waals surface area contributed by atoms with Crippen molar-refractivity contribution in [3.05, 3.63) is 0 Å². The molecule has 0 aromatic heterocycles. The van der Waals surface area contributed by atoms with Crippen molar-refractivity contribution >= 4 is 11.8 Å². The van der Waals surface area contributed by atoms with Crippen molar-refractivity contribution in [3.8, 4) is 0 Å². The zero-order chi connectivity index (χ0) is 9.15. The molecule has 2 aliphatic heterocycles. The summed E-state index contributed by atoms with van der Waals surface area (Å²) in [6.45, 7) is 1.42. The highest BCUT2D eigenvalue weighted by Crippen LogP contribution is 2.35. The largest absolute Gasteiger partial charge is 0.394 e. The average Bonchev–Trinajstić information content (AvgIpc) is 2.77. The Balaban J connectivity index is 1.88. The maximum atomic E-state index is 9.41. The number of nitrogens with one attached hydrogen (secondary N) is 1. The molecule has 2 atom stereocenters. The van der Waals surface area contributed by atoms with E-state index in [-0.39, 0.29) is 5.54 Å². The molecule has 2 rings (SSSR count). The van der Waals surface area contributed by atoms with E-state index in [0.717, 1.165) is 11.8 Å². The molecule has 2 heterocycles. The Morgan fingerprint density at radius 3 is 2.92 bits per heavy atom. The molecule has 2 N–H and O–H groups in total. The zero-order valence-corrected chi connectivity index (χ0v) is 8.91. The number of hydrogen-bond donors (Lipinski definition) is 2. The molecule has 13 heavy (non-hydrogen) atoms.